The zero-order valence-electron chi connectivity index (χ0n) is 14.5. The van der Waals surface area contributed by atoms with Gasteiger partial charge in [-0.15, -0.1) is 12.4 Å². The normalized spacial score (nSPS) is 21.0. The summed E-state index contributed by atoms with van der Waals surface area (Å²) in [5.41, 5.74) is -3.98. The van der Waals surface area contributed by atoms with Crippen LogP contribution in [0.1, 0.15) is 23.2 Å². The minimum Gasteiger partial charge on any atom is -0.337 e. The number of hydrogen-bond acceptors (Lipinski definition) is 4. The van der Waals surface area contributed by atoms with E-state index in [4.69, 9.17) is 0 Å². The van der Waals surface area contributed by atoms with Crippen molar-refractivity contribution in [1.29, 1.82) is 0 Å². The number of rotatable bonds is 3. The van der Waals surface area contributed by atoms with E-state index in [0.29, 0.717) is 31.7 Å². The van der Waals surface area contributed by atoms with Crippen molar-refractivity contribution in [3.63, 3.8) is 0 Å². The Bertz CT molecular complexity index is 672. The van der Waals surface area contributed by atoms with E-state index < -0.39 is 5.51 Å². The molecule has 1 N–H and O–H groups in total. The molecular weight excluding hydrogens is 403 g/mol. The van der Waals surface area contributed by atoms with Gasteiger partial charge in [-0.05, 0) is 48.9 Å². The number of amides is 2. The molecule has 150 valence electrons. The van der Waals surface area contributed by atoms with Gasteiger partial charge >= 0.3 is 5.51 Å². The molecule has 3 rings (SSSR count). The number of piperidine rings is 1. The van der Waals surface area contributed by atoms with Crippen molar-refractivity contribution < 1.29 is 22.8 Å². The number of halogens is 4. The Kier molecular flexibility index (Phi) is 7.41. The summed E-state index contributed by atoms with van der Waals surface area (Å²) in [4.78, 5) is 28.3. The Morgan fingerprint density at radius 3 is 2.52 bits per heavy atom. The lowest BCUT2D eigenvalue weighted by molar-refractivity contribution is -0.135. The maximum absolute atomic E-state index is 12.7. The second-order valence-corrected chi connectivity index (χ2v) is 7.52. The Balaban J connectivity index is 0.00000261. The summed E-state index contributed by atoms with van der Waals surface area (Å²) < 4.78 is 37.2. The van der Waals surface area contributed by atoms with Gasteiger partial charge in [-0.1, -0.05) is 0 Å². The zero-order valence-corrected chi connectivity index (χ0v) is 16.1. The molecule has 2 aliphatic heterocycles. The van der Waals surface area contributed by atoms with Gasteiger partial charge in [0.1, 0.15) is 0 Å². The largest absolute Gasteiger partial charge is 0.446 e. The first-order valence-corrected chi connectivity index (χ1v) is 9.30. The maximum Gasteiger partial charge on any atom is 0.446 e. The molecule has 1 atom stereocenters. The third kappa shape index (κ3) is 5.76. The Morgan fingerprint density at radius 1 is 1.19 bits per heavy atom. The number of benzene rings is 1. The molecule has 1 aromatic rings. The number of carbonyl (C=O) groups excluding carboxylic acids is 2. The number of carbonyl (C=O) groups is 2. The van der Waals surface area contributed by atoms with Gasteiger partial charge in [0.15, 0.2) is 0 Å². The molecular formula is C17H21ClF3N3O2S. The van der Waals surface area contributed by atoms with Crippen molar-refractivity contribution in [3.8, 4) is 0 Å². The van der Waals surface area contributed by atoms with E-state index in [9.17, 15) is 22.8 Å². The van der Waals surface area contributed by atoms with Gasteiger partial charge in [0.2, 0.25) is 5.91 Å². The number of thioether (sulfide) groups is 1. The molecule has 1 unspecified atom stereocenters. The van der Waals surface area contributed by atoms with Gasteiger partial charge in [0.05, 0.1) is 6.54 Å². The van der Waals surface area contributed by atoms with E-state index in [1.54, 1.807) is 4.90 Å². The van der Waals surface area contributed by atoms with Gasteiger partial charge < -0.3 is 15.1 Å². The first kappa shape index (κ1) is 21.8. The van der Waals surface area contributed by atoms with E-state index >= 15 is 0 Å². The van der Waals surface area contributed by atoms with Gasteiger partial charge in [-0.2, -0.15) is 13.2 Å². The number of nitrogens with zero attached hydrogens (tertiary/aromatic N) is 2. The highest BCUT2D eigenvalue weighted by Gasteiger charge is 2.32. The number of piperazine rings is 1. The number of nitrogens with one attached hydrogen (secondary N) is 1. The lowest BCUT2D eigenvalue weighted by atomic mass is 10.0. The molecule has 0 aromatic heterocycles. The highest BCUT2D eigenvalue weighted by Crippen LogP contribution is 2.36. The predicted octanol–water partition coefficient (Wildman–Crippen LogP) is 2.76. The summed E-state index contributed by atoms with van der Waals surface area (Å²) >= 11 is -0.199. The number of likely N-dealkylation sites (tertiary alicyclic amines) is 1. The minimum absolute atomic E-state index is 0. The monoisotopic (exact) mass is 423 g/mol. The van der Waals surface area contributed by atoms with E-state index in [1.807, 2.05) is 4.90 Å². The van der Waals surface area contributed by atoms with Gasteiger partial charge in [0.25, 0.3) is 5.91 Å². The second kappa shape index (κ2) is 9.16. The summed E-state index contributed by atoms with van der Waals surface area (Å²) in [6.07, 6.45) is 1.66. The topological polar surface area (TPSA) is 52.7 Å². The third-order valence-corrected chi connectivity index (χ3v) is 5.32. The summed E-state index contributed by atoms with van der Waals surface area (Å²) in [7, 11) is 0. The number of hydrogen-bond donors (Lipinski definition) is 1. The van der Waals surface area contributed by atoms with Crippen LogP contribution in [0.2, 0.25) is 0 Å². The molecule has 10 heteroatoms. The first-order valence-electron chi connectivity index (χ1n) is 8.49. The van der Waals surface area contributed by atoms with Crippen molar-refractivity contribution in [2.45, 2.75) is 29.3 Å². The molecule has 1 aromatic carbocycles. The van der Waals surface area contributed by atoms with Crippen LogP contribution in [0.4, 0.5) is 13.2 Å². The molecule has 0 spiro atoms. The molecule has 0 saturated carbocycles. The van der Waals surface area contributed by atoms with Crippen molar-refractivity contribution >= 4 is 36.0 Å². The van der Waals surface area contributed by atoms with Crippen LogP contribution in [0.25, 0.3) is 0 Å². The molecule has 0 aliphatic carbocycles. The second-order valence-electron chi connectivity index (χ2n) is 6.38. The van der Waals surface area contributed by atoms with E-state index in [1.165, 1.54) is 24.3 Å². The fourth-order valence-electron chi connectivity index (χ4n) is 3.38. The first-order chi connectivity index (χ1) is 12.3. The molecule has 2 fully saturated rings. The van der Waals surface area contributed by atoms with E-state index in [-0.39, 0.29) is 46.9 Å². The maximum atomic E-state index is 12.7. The predicted molar refractivity (Wildman–Crippen MR) is 99.1 cm³/mol. The average molecular weight is 424 g/mol. The Hall–Kier alpha value is -1.45. The van der Waals surface area contributed by atoms with Crippen molar-refractivity contribution in [3.05, 3.63) is 29.8 Å². The molecule has 2 aliphatic rings. The molecule has 0 bridgehead atoms. The van der Waals surface area contributed by atoms with Crippen LogP contribution in [0.15, 0.2) is 29.2 Å². The standard InChI is InChI=1S/C17H20F3N3O2S.ClH/c18-17(19,20)26-14-5-3-12(4-6-14)16(25)22-8-1-2-13(11-22)23-9-7-21-10-15(23)24;/h3-6,13,21H,1-2,7-11H2;1H. The van der Waals surface area contributed by atoms with Crippen LogP contribution in [0, 0.1) is 0 Å². The van der Waals surface area contributed by atoms with Crippen LogP contribution in [-0.2, 0) is 4.79 Å². The fourth-order valence-corrected chi connectivity index (χ4v) is 3.92. The lowest BCUT2D eigenvalue weighted by Gasteiger charge is -2.41. The molecule has 2 amide bonds. The summed E-state index contributed by atoms with van der Waals surface area (Å²) in [6.45, 7) is 2.75. The van der Waals surface area contributed by atoms with Gasteiger partial charge in [-0.3, -0.25) is 9.59 Å². The smallest absolute Gasteiger partial charge is 0.337 e. The zero-order chi connectivity index (χ0) is 18.7. The SMILES string of the molecule is Cl.O=C(c1ccc(SC(F)(F)F)cc1)N1CCCC(N2CCNCC2=O)C1. The average Bonchev–Trinajstić information content (AvgIpc) is 2.61. The minimum atomic E-state index is -4.35. The van der Waals surface area contributed by atoms with Crippen LogP contribution in [0.5, 0.6) is 0 Å². The van der Waals surface area contributed by atoms with Crippen molar-refractivity contribution in [2.24, 2.45) is 0 Å². The highest BCUT2D eigenvalue weighted by molar-refractivity contribution is 8.00. The molecule has 27 heavy (non-hydrogen) atoms. The molecule has 2 saturated heterocycles. The third-order valence-electron chi connectivity index (χ3n) is 4.59. The Labute approximate surface area is 166 Å². The molecule has 5 nitrogen and oxygen atoms in total. The fraction of sp³-hybridized carbons (Fsp3) is 0.529. The Morgan fingerprint density at radius 2 is 1.89 bits per heavy atom. The lowest BCUT2D eigenvalue weighted by Crippen LogP contribution is -2.57. The quantitative estimate of drug-likeness (QED) is 0.759. The van der Waals surface area contributed by atoms with Crippen molar-refractivity contribution in [1.82, 2.24) is 15.1 Å². The van der Waals surface area contributed by atoms with Crippen LogP contribution >= 0.6 is 24.2 Å². The highest BCUT2D eigenvalue weighted by atomic mass is 35.5. The van der Waals surface area contributed by atoms with Crippen LogP contribution in [-0.4, -0.2) is 65.9 Å². The van der Waals surface area contributed by atoms with Crippen LogP contribution < -0.4 is 5.32 Å². The summed E-state index contributed by atoms with van der Waals surface area (Å²) in [5, 5.41) is 3.03. The van der Waals surface area contributed by atoms with Crippen LogP contribution in [0.3, 0.4) is 0 Å². The van der Waals surface area contributed by atoms with E-state index in [2.05, 4.69) is 5.32 Å². The summed E-state index contributed by atoms with van der Waals surface area (Å²) in [6, 6.07) is 5.48. The van der Waals surface area contributed by atoms with Gasteiger partial charge in [0, 0.05) is 42.7 Å². The number of alkyl halides is 3. The van der Waals surface area contributed by atoms with Crippen molar-refractivity contribution in [2.75, 3.05) is 32.7 Å². The van der Waals surface area contributed by atoms with E-state index in [0.717, 1.165) is 19.4 Å². The molecule has 0 radical (unpaired) electrons. The van der Waals surface area contributed by atoms with Gasteiger partial charge in [-0.25, -0.2) is 0 Å². The molecule has 2 heterocycles. The summed E-state index contributed by atoms with van der Waals surface area (Å²) in [5.74, 6) is -0.162.